The number of likely N-dealkylation sites (tertiary alicyclic amines) is 1. The number of carboxylic acid groups (broad SMARTS) is 1. The lowest BCUT2D eigenvalue weighted by Crippen LogP contribution is -2.50. The van der Waals surface area contributed by atoms with Crippen LogP contribution in [0.4, 0.5) is 16.3 Å². The molecule has 3 heterocycles. The van der Waals surface area contributed by atoms with Crippen molar-refractivity contribution in [2.75, 3.05) is 29.9 Å². The Hall–Kier alpha value is -2.06. The number of amides is 2. The molecule has 8 nitrogen and oxygen atoms in total. The number of rotatable bonds is 3. The van der Waals surface area contributed by atoms with Crippen molar-refractivity contribution in [2.24, 2.45) is 5.41 Å². The smallest absolute Gasteiger partial charge is 0.409 e. The molecule has 1 atom stereocenters. The van der Waals surface area contributed by atoms with Crippen molar-refractivity contribution < 1.29 is 19.8 Å². The number of nitrogens with one attached hydrogen (secondary N) is 1. The molecular weight excluding hydrogens is 396 g/mol. The Bertz CT molecular complexity index is 799. The summed E-state index contributed by atoms with van der Waals surface area (Å²) in [7, 11) is 0. The number of hydrogen-bond donors (Lipinski definition) is 3. The quantitative estimate of drug-likeness (QED) is 0.691. The van der Waals surface area contributed by atoms with Gasteiger partial charge in [0.15, 0.2) is 0 Å². The third kappa shape index (κ3) is 4.00. The van der Waals surface area contributed by atoms with Gasteiger partial charge in [0.25, 0.3) is 0 Å². The fraction of sp³-hybridized carbons (Fsp3) is 0.650. The van der Waals surface area contributed by atoms with Crippen LogP contribution in [0.3, 0.4) is 0 Å². The highest BCUT2D eigenvalue weighted by Crippen LogP contribution is 2.44. The first-order valence-corrected chi connectivity index (χ1v) is 10.7. The van der Waals surface area contributed by atoms with E-state index in [-0.39, 0.29) is 18.1 Å². The fourth-order valence-electron chi connectivity index (χ4n) is 5.11. The lowest BCUT2D eigenvalue weighted by Gasteiger charge is -2.41. The SMILES string of the molecule is O=C(O)Nc1cnc(N2CCC[C@]3(CCN(C4CCC(O)CC4)C3=O)C2)c(Cl)c1. The van der Waals surface area contributed by atoms with Gasteiger partial charge in [0.1, 0.15) is 5.82 Å². The van der Waals surface area contributed by atoms with Crippen LogP contribution in [0.25, 0.3) is 0 Å². The van der Waals surface area contributed by atoms with Crippen molar-refractivity contribution in [2.45, 2.75) is 57.1 Å². The van der Waals surface area contributed by atoms with Gasteiger partial charge in [0.05, 0.1) is 28.4 Å². The van der Waals surface area contributed by atoms with Gasteiger partial charge in [-0.25, -0.2) is 9.78 Å². The molecular formula is C20H27ClN4O4. The maximum absolute atomic E-state index is 13.4. The lowest BCUT2D eigenvalue weighted by atomic mass is 9.78. The van der Waals surface area contributed by atoms with Crippen LogP contribution in [0.1, 0.15) is 44.9 Å². The number of hydrogen-bond acceptors (Lipinski definition) is 5. The first kappa shape index (κ1) is 20.2. The van der Waals surface area contributed by atoms with Crippen LogP contribution in [0, 0.1) is 5.41 Å². The number of nitrogens with zero attached hydrogens (tertiary/aromatic N) is 3. The van der Waals surface area contributed by atoms with E-state index < -0.39 is 11.5 Å². The van der Waals surface area contributed by atoms with Crippen LogP contribution in [0.2, 0.25) is 5.02 Å². The number of aliphatic hydroxyl groups excluding tert-OH is 1. The zero-order valence-corrected chi connectivity index (χ0v) is 17.1. The largest absolute Gasteiger partial charge is 0.465 e. The van der Waals surface area contributed by atoms with E-state index in [1.807, 2.05) is 4.90 Å². The maximum atomic E-state index is 13.4. The molecule has 2 saturated heterocycles. The first-order valence-electron chi connectivity index (χ1n) is 10.3. The Morgan fingerprint density at radius 2 is 2.00 bits per heavy atom. The van der Waals surface area contributed by atoms with E-state index in [1.54, 1.807) is 6.07 Å². The van der Waals surface area contributed by atoms with Gasteiger partial charge in [-0.15, -0.1) is 0 Å². The summed E-state index contributed by atoms with van der Waals surface area (Å²) in [6.45, 7) is 2.12. The van der Waals surface area contributed by atoms with Crippen molar-refractivity contribution in [1.82, 2.24) is 9.88 Å². The molecule has 3 aliphatic rings. The second-order valence-corrected chi connectivity index (χ2v) is 8.88. The minimum atomic E-state index is -1.17. The van der Waals surface area contributed by atoms with Gasteiger partial charge in [-0.2, -0.15) is 0 Å². The molecule has 1 saturated carbocycles. The number of halogens is 1. The van der Waals surface area contributed by atoms with Crippen molar-refractivity contribution in [1.29, 1.82) is 0 Å². The summed E-state index contributed by atoms with van der Waals surface area (Å²) < 4.78 is 0. The monoisotopic (exact) mass is 422 g/mol. The molecule has 0 unspecified atom stereocenters. The highest BCUT2D eigenvalue weighted by Gasteiger charge is 2.51. The summed E-state index contributed by atoms with van der Waals surface area (Å²) in [6.07, 6.45) is 5.92. The van der Waals surface area contributed by atoms with Crippen LogP contribution in [0.5, 0.6) is 0 Å². The zero-order chi connectivity index (χ0) is 20.6. The summed E-state index contributed by atoms with van der Waals surface area (Å²) in [5, 5.41) is 21.2. The molecule has 4 rings (SSSR count). The molecule has 3 fully saturated rings. The van der Waals surface area contributed by atoms with E-state index in [9.17, 15) is 14.7 Å². The normalized spacial score (nSPS) is 30.1. The van der Waals surface area contributed by atoms with Gasteiger partial charge in [-0.3, -0.25) is 10.1 Å². The van der Waals surface area contributed by atoms with Crippen molar-refractivity contribution in [3.8, 4) is 0 Å². The Morgan fingerprint density at radius 3 is 2.69 bits per heavy atom. The number of aliphatic hydroxyl groups is 1. The van der Waals surface area contributed by atoms with Crippen LogP contribution < -0.4 is 10.2 Å². The Morgan fingerprint density at radius 1 is 1.24 bits per heavy atom. The van der Waals surface area contributed by atoms with Gasteiger partial charge in [-0.1, -0.05) is 11.6 Å². The van der Waals surface area contributed by atoms with Gasteiger partial charge in [0.2, 0.25) is 5.91 Å². The minimum Gasteiger partial charge on any atom is -0.465 e. The van der Waals surface area contributed by atoms with E-state index in [1.165, 1.54) is 6.20 Å². The summed E-state index contributed by atoms with van der Waals surface area (Å²) in [5.74, 6) is 0.817. The molecule has 29 heavy (non-hydrogen) atoms. The molecule has 2 amide bonds. The van der Waals surface area contributed by atoms with E-state index in [0.29, 0.717) is 23.1 Å². The molecule has 0 radical (unpaired) electrons. The molecule has 1 aliphatic carbocycles. The molecule has 3 N–H and O–H groups in total. The summed E-state index contributed by atoms with van der Waals surface area (Å²) in [6, 6.07) is 1.79. The molecule has 0 bridgehead atoms. The van der Waals surface area contributed by atoms with E-state index >= 15 is 0 Å². The highest BCUT2D eigenvalue weighted by atomic mass is 35.5. The molecule has 1 spiro atoms. The van der Waals surface area contributed by atoms with Crippen molar-refractivity contribution >= 4 is 35.1 Å². The minimum absolute atomic E-state index is 0.226. The van der Waals surface area contributed by atoms with Crippen LogP contribution in [0.15, 0.2) is 12.3 Å². The fourth-order valence-corrected chi connectivity index (χ4v) is 5.40. The lowest BCUT2D eigenvalue weighted by molar-refractivity contribution is -0.139. The van der Waals surface area contributed by atoms with Crippen LogP contribution in [-0.4, -0.2) is 63.9 Å². The molecule has 2 aliphatic heterocycles. The number of pyridine rings is 1. The molecule has 9 heteroatoms. The average molecular weight is 423 g/mol. The maximum Gasteiger partial charge on any atom is 0.409 e. The van der Waals surface area contributed by atoms with E-state index in [4.69, 9.17) is 16.7 Å². The topological polar surface area (TPSA) is 106 Å². The third-order valence-corrected chi connectivity index (χ3v) is 6.88. The number of carbonyl (C=O) groups is 2. The average Bonchev–Trinajstić information content (AvgIpc) is 2.98. The molecule has 158 valence electrons. The molecule has 1 aromatic heterocycles. The van der Waals surface area contributed by atoms with Gasteiger partial charge >= 0.3 is 6.09 Å². The second-order valence-electron chi connectivity index (χ2n) is 8.48. The predicted molar refractivity (Wildman–Crippen MR) is 109 cm³/mol. The Kier molecular flexibility index (Phi) is 5.57. The van der Waals surface area contributed by atoms with E-state index in [0.717, 1.165) is 58.0 Å². The van der Waals surface area contributed by atoms with Crippen molar-refractivity contribution in [3.05, 3.63) is 17.3 Å². The number of aromatic nitrogens is 1. The predicted octanol–water partition coefficient (Wildman–Crippen LogP) is 2.95. The summed E-state index contributed by atoms with van der Waals surface area (Å²) >= 11 is 6.39. The highest BCUT2D eigenvalue weighted by molar-refractivity contribution is 6.33. The van der Waals surface area contributed by atoms with Gasteiger partial charge in [0, 0.05) is 25.7 Å². The van der Waals surface area contributed by atoms with Crippen LogP contribution in [-0.2, 0) is 4.79 Å². The van der Waals surface area contributed by atoms with E-state index in [2.05, 4.69) is 15.2 Å². The van der Waals surface area contributed by atoms with Gasteiger partial charge < -0.3 is 20.0 Å². The Labute approximate surface area is 174 Å². The first-order chi connectivity index (χ1) is 13.9. The van der Waals surface area contributed by atoms with Gasteiger partial charge in [-0.05, 0) is 51.0 Å². The van der Waals surface area contributed by atoms with Crippen LogP contribution >= 0.6 is 11.6 Å². The number of carbonyl (C=O) groups excluding carboxylic acids is 1. The standard InChI is InChI=1S/C20H27ClN4O4/c21-16-10-13(23-19(28)29)11-22-17(16)24-8-1-6-20(12-24)7-9-25(18(20)27)14-2-4-15(26)5-3-14/h10-11,14-15,23,26H,1-9,12H2,(H,28,29)/t14?,15?,20-/m0/s1. The summed E-state index contributed by atoms with van der Waals surface area (Å²) in [4.78, 5) is 32.7. The second kappa shape index (κ2) is 7.99. The number of piperidine rings is 1. The molecule has 0 aromatic carbocycles. The zero-order valence-electron chi connectivity index (χ0n) is 16.3. The Balaban J connectivity index is 1.48. The van der Waals surface area contributed by atoms with Crippen molar-refractivity contribution in [3.63, 3.8) is 0 Å². The summed E-state index contributed by atoms with van der Waals surface area (Å²) in [5.41, 5.74) is -0.0855. The number of anilines is 2. The third-order valence-electron chi connectivity index (χ3n) is 6.60. The molecule has 1 aromatic rings.